The molecule has 1 saturated heterocycles. The molecule has 7 nitrogen and oxygen atoms in total. The Morgan fingerprint density at radius 2 is 1.70 bits per heavy atom. The Bertz CT molecular complexity index is 1110. The SMILES string of the molecule is COC(=O)[C@@H](c1ccc(F)cc1)N1CCN(C(=O)c2cnc(SC)n2-c2ccccc2)CC1. The van der Waals surface area contributed by atoms with Gasteiger partial charge in [-0.15, -0.1) is 0 Å². The van der Waals surface area contributed by atoms with Crippen molar-refractivity contribution < 1.29 is 18.7 Å². The molecule has 2 heterocycles. The van der Waals surface area contributed by atoms with Gasteiger partial charge in [-0.1, -0.05) is 42.1 Å². The van der Waals surface area contributed by atoms with E-state index in [1.54, 1.807) is 23.2 Å². The first-order chi connectivity index (χ1) is 16.0. The van der Waals surface area contributed by atoms with Crippen molar-refractivity contribution >= 4 is 23.6 Å². The number of methoxy groups -OCH3 is 1. The Kier molecular flexibility index (Phi) is 7.10. The third-order valence-electron chi connectivity index (χ3n) is 5.72. The van der Waals surface area contributed by atoms with Gasteiger partial charge in [0.25, 0.3) is 5.91 Å². The highest BCUT2D eigenvalue weighted by Crippen LogP contribution is 2.26. The summed E-state index contributed by atoms with van der Waals surface area (Å²) in [6.07, 6.45) is 3.54. The summed E-state index contributed by atoms with van der Waals surface area (Å²) >= 11 is 1.48. The second-order valence-corrected chi connectivity index (χ2v) is 8.38. The van der Waals surface area contributed by atoms with Crippen LogP contribution in [0, 0.1) is 5.82 Å². The van der Waals surface area contributed by atoms with E-state index in [4.69, 9.17) is 4.74 Å². The van der Waals surface area contributed by atoms with Crippen molar-refractivity contribution in [2.24, 2.45) is 0 Å². The molecule has 0 spiro atoms. The van der Waals surface area contributed by atoms with Crippen molar-refractivity contribution in [2.45, 2.75) is 11.2 Å². The lowest BCUT2D eigenvalue weighted by Gasteiger charge is -2.38. The number of para-hydroxylation sites is 1. The van der Waals surface area contributed by atoms with Crippen LogP contribution in [0.4, 0.5) is 4.39 Å². The molecule has 1 aliphatic heterocycles. The molecular formula is C24H25FN4O3S. The molecule has 0 radical (unpaired) electrons. The minimum atomic E-state index is -0.647. The van der Waals surface area contributed by atoms with Gasteiger partial charge < -0.3 is 9.64 Å². The molecule has 9 heteroatoms. The van der Waals surface area contributed by atoms with Gasteiger partial charge in [0, 0.05) is 31.9 Å². The lowest BCUT2D eigenvalue weighted by atomic mass is 10.0. The van der Waals surface area contributed by atoms with E-state index in [-0.39, 0.29) is 11.7 Å². The zero-order valence-corrected chi connectivity index (χ0v) is 19.3. The molecule has 0 N–H and O–H groups in total. The van der Waals surface area contributed by atoms with Crippen LogP contribution in [-0.4, -0.2) is 70.8 Å². The number of benzene rings is 2. The number of piperazine rings is 1. The number of halogens is 1. The molecule has 0 aliphatic carbocycles. The number of imidazole rings is 1. The molecule has 1 fully saturated rings. The van der Waals surface area contributed by atoms with Gasteiger partial charge in [0.2, 0.25) is 0 Å². The van der Waals surface area contributed by atoms with E-state index in [0.29, 0.717) is 37.4 Å². The zero-order chi connectivity index (χ0) is 23.4. The van der Waals surface area contributed by atoms with Gasteiger partial charge in [-0.3, -0.25) is 14.3 Å². The number of ether oxygens (including phenoxy) is 1. The Balaban J connectivity index is 1.52. The van der Waals surface area contributed by atoms with Gasteiger partial charge in [-0.2, -0.15) is 0 Å². The molecule has 1 atom stereocenters. The fraction of sp³-hybridized carbons (Fsp3) is 0.292. The van der Waals surface area contributed by atoms with Crippen molar-refractivity contribution in [3.8, 4) is 5.69 Å². The van der Waals surface area contributed by atoms with Crippen LogP contribution in [0.25, 0.3) is 5.69 Å². The van der Waals surface area contributed by atoms with Crippen LogP contribution in [0.5, 0.6) is 0 Å². The minimum Gasteiger partial charge on any atom is -0.468 e. The molecule has 1 aromatic heterocycles. The summed E-state index contributed by atoms with van der Waals surface area (Å²) in [7, 11) is 1.34. The largest absolute Gasteiger partial charge is 0.468 e. The molecule has 3 aromatic rings. The van der Waals surface area contributed by atoms with E-state index >= 15 is 0 Å². The van der Waals surface area contributed by atoms with E-state index in [0.717, 1.165) is 10.8 Å². The maximum Gasteiger partial charge on any atom is 0.327 e. The second kappa shape index (κ2) is 10.2. The first-order valence-corrected chi connectivity index (χ1v) is 11.8. The number of nitrogens with zero attached hydrogens (tertiary/aromatic N) is 4. The molecule has 0 unspecified atom stereocenters. The van der Waals surface area contributed by atoms with Gasteiger partial charge in [0.05, 0.1) is 13.3 Å². The average Bonchev–Trinajstić information content (AvgIpc) is 3.30. The van der Waals surface area contributed by atoms with Crippen LogP contribution >= 0.6 is 11.8 Å². The summed E-state index contributed by atoms with van der Waals surface area (Å²) in [6, 6.07) is 14.9. The van der Waals surface area contributed by atoms with E-state index in [2.05, 4.69) is 4.98 Å². The zero-order valence-electron chi connectivity index (χ0n) is 18.5. The Hall–Kier alpha value is -3.17. The number of carbonyl (C=O) groups excluding carboxylic acids is 2. The van der Waals surface area contributed by atoms with Crippen LogP contribution in [0.3, 0.4) is 0 Å². The van der Waals surface area contributed by atoms with Gasteiger partial charge in [0.1, 0.15) is 17.6 Å². The van der Waals surface area contributed by atoms with Crippen LogP contribution in [0.15, 0.2) is 66.0 Å². The Morgan fingerprint density at radius 1 is 1.03 bits per heavy atom. The Morgan fingerprint density at radius 3 is 2.30 bits per heavy atom. The van der Waals surface area contributed by atoms with Gasteiger partial charge in [0.15, 0.2) is 5.16 Å². The number of rotatable bonds is 6. The number of thioether (sulfide) groups is 1. The topological polar surface area (TPSA) is 67.7 Å². The normalized spacial score (nSPS) is 15.3. The summed E-state index contributed by atoms with van der Waals surface area (Å²) in [5.41, 5.74) is 2.04. The van der Waals surface area contributed by atoms with E-state index in [1.807, 2.05) is 46.1 Å². The third-order valence-corrected chi connectivity index (χ3v) is 6.38. The van der Waals surface area contributed by atoms with Crippen molar-refractivity contribution in [1.29, 1.82) is 0 Å². The highest BCUT2D eigenvalue weighted by Gasteiger charge is 2.33. The molecule has 4 rings (SSSR count). The highest BCUT2D eigenvalue weighted by molar-refractivity contribution is 7.98. The maximum absolute atomic E-state index is 13.4. The molecule has 1 amide bonds. The summed E-state index contributed by atoms with van der Waals surface area (Å²) in [4.78, 5) is 34.1. The number of esters is 1. The number of aromatic nitrogens is 2. The molecule has 33 heavy (non-hydrogen) atoms. The number of amides is 1. The first-order valence-electron chi connectivity index (χ1n) is 10.6. The van der Waals surface area contributed by atoms with Gasteiger partial charge in [-0.25, -0.2) is 14.2 Å². The van der Waals surface area contributed by atoms with Crippen molar-refractivity contribution in [1.82, 2.24) is 19.4 Å². The summed E-state index contributed by atoms with van der Waals surface area (Å²) in [5.74, 6) is -0.881. The van der Waals surface area contributed by atoms with E-state index in [9.17, 15) is 14.0 Å². The van der Waals surface area contributed by atoms with Crippen molar-refractivity contribution in [3.63, 3.8) is 0 Å². The fourth-order valence-corrected chi connectivity index (χ4v) is 4.60. The van der Waals surface area contributed by atoms with Crippen LogP contribution in [-0.2, 0) is 9.53 Å². The van der Waals surface area contributed by atoms with Crippen molar-refractivity contribution in [3.05, 3.63) is 77.9 Å². The third kappa shape index (κ3) is 4.79. The quantitative estimate of drug-likeness (QED) is 0.408. The highest BCUT2D eigenvalue weighted by atomic mass is 32.2. The number of carbonyl (C=O) groups is 2. The second-order valence-electron chi connectivity index (χ2n) is 7.61. The monoisotopic (exact) mass is 468 g/mol. The van der Waals surface area contributed by atoms with Gasteiger partial charge >= 0.3 is 5.97 Å². The fourth-order valence-electron chi connectivity index (χ4n) is 4.05. The predicted molar refractivity (Wildman–Crippen MR) is 124 cm³/mol. The lowest BCUT2D eigenvalue weighted by molar-refractivity contribution is -0.148. The van der Waals surface area contributed by atoms with Crippen molar-refractivity contribution in [2.75, 3.05) is 39.5 Å². The molecule has 172 valence electrons. The first kappa shape index (κ1) is 23.0. The molecule has 0 bridgehead atoms. The standard InChI is InChI=1S/C24H25FN4O3S/c1-32-23(31)21(17-8-10-18(25)11-9-17)27-12-14-28(15-13-27)22(30)20-16-26-24(33-2)29(20)19-6-4-3-5-7-19/h3-11,16,21H,12-15H2,1-2H3/t21-/m1/s1. The minimum absolute atomic E-state index is 0.109. The smallest absolute Gasteiger partial charge is 0.327 e. The summed E-state index contributed by atoms with van der Waals surface area (Å²) in [6.45, 7) is 1.86. The van der Waals surface area contributed by atoms with E-state index in [1.165, 1.54) is 31.0 Å². The summed E-state index contributed by atoms with van der Waals surface area (Å²) < 4.78 is 20.3. The predicted octanol–water partition coefficient (Wildman–Crippen LogP) is 3.41. The van der Waals surface area contributed by atoms with Crippen LogP contribution in [0.2, 0.25) is 0 Å². The van der Waals surface area contributed by atoms with Gasteiger partial charge in [-0.05, 0) is 36.1 Å². The summed E-state index contributed by atoms with van der Waals surface area (Å²) in [5, 5.41) is 0.741. The van der Waals surface area contributed by atoms with E-state index < -0.39 is 12.0 Å². The van der Waals surface area contributed by atoms with Crippen LogP contribution in [0.1, 0.15) is 22.1 Å². The maximum atomic E-state index is 13.4. The molecule has 0 saturated carbocycles. The number of hydrogen-bond donors (Lipinski definition) is 0. The van der Waals surface area contributed by atoms with Crippen LogP contribution < -0.4 is 0 Å². The number of hydrogen-bond acceptors (Lipinski definition) is 6. The lowest BCUT2D eigenvalue weighted by Crippen LogP contribution is -2.51. The molecule has 2 aromatic carbocycles. The molecular weight excluding hydrogens is 443 g/mol. The Labute approximate surface area is 196 Å². The average molecular weight is 469 g/mol. The molecule has 1 aliphatic rings.